The van der Waals surface area contributed by atoms with Crippen LogP contribution in [0.4, 0.5) is 11.4 Å². The van der Waals surface area contributed by atoms with E-state index in [2.05, 4.69) is 91.2 Å². The van der Waals surface area contributed by atoms with Crippen molar-refractivity contribution >= 4 is 62.1 Å². The predicted octanol–water partition coefficient (Wildman–Crippen LogP) is 15.1. The summed E-state index contributed by atoms with van der Waals surface area (Å²) in [4.78, 5) is 62.3. The van der Waals surface area contributed by atoms with Crippen molar-refractivity contribution in [1.82, 2.24) is 0 Å². The number of ether oxygens (including phenoxy) is 4. The Morgan fingerprint density at radius 1 is 0.488 bits per heavy atom. The van der Waals surface area contributed by atoms with Crippen molar-refractivity contribution in [3.05, 3.63) is 207 Å². The standard InChI is InChI=1S/C72H64N2O8/c1-41(2)65(42(3)4)81-51-32-34-53(47-20-11-12-21-47)61(39-51)73-69(75)57-26-16-24-55-63(57)59(71(73)77)37-49(67(55)79-9)30-28-45-18-15-19-46(36-45)29-31-50-38-60-64-56(68(50)80-10)25-17-27-58(64)70(76)74(72(60)78)62-40-52(82-66(43(5)6)44(7)8)33-35-54(62)48-22-13-14-23-48/h11-13,15-27,32-44,47,65-66H,14H2,1-10H3. The van der Waals surface area contributed by atoms with Gasteiger partial charge in [0.05, 0.1) is 47.8 Å². The second kappa shape index (κ2) is 22.3. The van der Waals surface area contributed by atoms with E-state index >= 15 is 9.59 Å². The molecule has 10 nitrogen and oxygen atoms in total. The molecule has 7 aromatic carbocycles. The molecule has 0 aromatic heterocycles. The molecule has 2 aliphatic carbocycles. The minimum absolute atomic E-state index is 0.0918. The highest BCUT2D eigenvalue weighted by atomic mass is 16.5. The highest BCUT2D eigenvalue weighted by Crippen LogP contribution is 2.45. The van der Waals surface area contributed by atoms with Crippen molar-refractivity contribution in [1.29, 1.82) is 0 Å². The van der Waals surface area contributed by atoms with Gasteiger partial charge in [-0.05, 0) is 102 Å². The van der Waals surface area contributed by atoms with E-state index in [4.69, 9.17) is 18.9 Å². The van der Waals surface area contributed by atoms with E-state index in [1.807, 2.05) is 103 Å². The largest absolute Gasteiger partial charge is 0.495 e. The minimum atomic E-state index is -0.484. The first kappa shape index (κ1) is 54.6. The summed E-state index contributed by atoms with van der Waals surface area (Å²) in [5, 5.41) is 2.18. The number of carbonyl (C=O) groups excluding carboxylic acids is 4. The van der Waals surface area contributed by atoms with Crippen LogP contribution in [-0.2, 0) is 0 Å². The molecule has 0 bridgehead atoms. The van der Waals surface area contributed by atoms with E-state index in [9.17, 15) is 9.59 Å². The van der Waals surface area contributed by atoms with Crippen molar-refractivity contribution < 1.29 is 38.1 Å². The molecular formula is C72H64N2O8. The molecule has 0 saturated carbocycles. The highest BCUT2D eigenvalue weighted by Gasteiger charge is 2.40. The van der Waals surface area contributed by atoms with Gasteiger partial charge in [0.15, 0.2) is 0 Å². The molecule has 10 heteroatoms. The lowest BCUT2D eigenvalue weighted by Crippen LogP contribution is -2.41. The Hall–Kier alpha value is -9.38. The zero-order chi connectivity index (χ0) is 57.7. The third-order valence-corrected chi connectivity index (χ3v) is 15.7. The number of methoxy groups -OCH3 is 2. The second-order valence-corrected chi connectivity index (χ2v) is 22.6. The first-order valence-electron chi connectivity index (χ1n) is 28.1. The number of nitrogens with zero attached hydrogens (tertiary/aromatic N) is 2. The summed E-state index contributed by atoms with van der Waals surface area (Å²) < 4.78 is 25.2. The van der Waals surface area contributed by atoms with Crippen molar-refractivity contribution in [3.63, 3.8) is 0 Å². The summed E-state index contributed by atoms with van der Waals surface area (Å²) >= 11 is 0. The lowest BCUT2D eigenvalue weighted by Gasteiger charge is -2.31. The van der Waals surface area contributed by atoms with E-state index < -0.39 is 23.6 Å². The number of benzene rings is 7. The topological polar surface area (TPSA) is 112 Å². The number of hydrogen-bond acceptors (Lipinski definition) is 8. The van der Waals surface area contributed by atoms with Crippen molar-refractivity contribution in [2.75, 3.05) is 24.0 Å². The van der Waals surface area contributed by atoms with Crippen LogP contribution in [0.25, 0.3) is 27.1 Å². The minimum Gasteiger partial charge on any atom is -0.495 e. The average molecular weight is 1090 g/mol. The van der Waals surface area contributed by atoms with Gasteiger partial charge >= 0.3 is 0 Å². The van der Waals surface area contributed by atoms with E-state index in [1.165, 1.54) is 9.80 Å². The van der Waals surface area contributed by atoms with Crippen molar-refractivity contribution in [3.8, 4) is 46.7 Å². The van der Waals surface area contributed by atoms with Gasteiger partial charge in [0.1, 0.15) is 35.2 Å². The highest BCUT2D eigenvalue weighted by molar-refractivity contribution is 6.38. The van der Waals surface area contributed by atoms with E-state index in [-0.39, 0.29) is 41.8 Å². The van der Waals surface area contributed by atoms with Crippen LogP contribution >= 0.6 is 0 Å². The molecule has 2 aliphatic heterocycles. The first-order valence-corrected chi connectivity index (χ1v) is 28.1. The molecule has 410 valence electrons. The predicted molar refractivity (Wildman–Crippen MR) is 326 cm³/mol. The third kappa shape index (κ3) is 9.83. The molecule has 0 N–H and O–H groups in total. The van der Waals surface area contributed by atoms with Crippen LogP contribution in [0.5, 0.6) is 23.0 Å². The number of hydrogen-bond donors (Lipinski definition) is 0. The number of imide groups is 2. The van der Waals surface area contributed by atoms with Crippen molar-refractivity contribution in [2.24, 2.45) is 23.7 Å². The van der Waals surface area contributed by atoms with Crippen LogP contribution in [0.2, 0.25) is 0 Å². The van der Waals surface area contributed by atoms with Gasteiger partial charge in [-0.2, -0.15) is 0 Å². The maximum atomic E-state index is 15.1. The van der Waals surface area contributed by atoms with Gasteiger partial charge in [-0.25, -0.2) is 9.80 Å². The average Bonchev–Trinajstić information content (AvgIpc) is 1.62. The summed E-state index contributed by atoms with van der Waals surface area (Å²) in [6.07, 6.45) is 14.7. The van der Waals surface area contributed by atoms with Gasteiger partial charge in [-0.3, -0.25) is 19.2 Å². The van der Waals surface area contributed by atoms with Crippen LogP contribution in [0.1, 0.15) is 143 Å². The fraction of sp³-hybridized carbons (Fsp3) is 0.250. The smallest absolute Gasteiger partial charge is 0.266 e. The quantitative estimate of drug-likeness (QED) is 0.0782. The normalized spacial score (nSPS) is 14.6. The summed E-state index contributed by atoms with van der Waals surface area (Å²) in [5.41, 5.74) is 6.92. The molecule has 0 saturated heterocycles. The van der Waals surface area contributed by atoms with E-state index in [1.54, 1.807) is 50.6 Å². The summed E-state index contributed by atoms with van der Waals surface area (Å²) in [5.74, 6) is 14.1. The first-order chi connectivity index (χ1) is 39.6. The molecule has 0 spiro atoms. The van der Waals surface area contributed by atoms with E-state index in [0.29, 0.717) is 100 Å². The number of rotatable bonds is 14. The Bertz CT molecular complexity index is 4060. The molecule has 82 heavy (non-hydrogen) atoms. The maximum absolute atomic E-state index is 15.1. The molecule has 2 heterocycles. The SMILES string of the molecule is COc1c(C#Cc2cccc(C#Cc3cc4c5c(cccc5c3OC)C(=O)N(c3cc(OC(C(C)C)C(C)C)ccc3C3C=CC=C3)C4=O)c2)cc2c3c(cccc13)C(=O)N(c1cc(OC(C(C)C)C(C)C)ccc1C1=CCC=C1)C2=O. The van der Waals surface area contributed by atoms with Gasteiger partial charge in [-0.15, -0.1) is 0 Å². The van der Waals surface area contributed by atoms with Crippen LogP contribution in [0, 0.1) is 47.4 Å². The molecule has 4 aliphatic rings. The third-order valence-electron chi connectivity index (χ3n) is 15.7. The van der Waals surface area contributed by atoms with Crippen molar-refractivity contribution in [2.45, 2.75) is 79.9 Å². The van der Waals surface area contributed by atoms with Crippen LogP contribution in [0.3, 0.4) is 0 Å². The molecule has 0 fully saturated rings. The van der Waals surface area contributed by atoms with Crippen LogP contribution in [0.15, 0.2) is 152 Å². The van der Waals surface area contributed by atoms with Gasteiger partial charge in [0.25, 0.3) is 23.6 Å². The Balaban J connectivity index is 0.947. The Morgan fingerprint density at radius 2 is 0.951 bits per heavy atom. The zero-order valence-electron chi connectivity index (χ0n) is 47.8. The summed E-state index contributed by atoms with van der Waals surface area (Å²) in [7, 11) is 3.11. The molecule has 0 unspecified atom stereocenters. The lowest BCUT2D eigenvalue weighted by molar-refractivity contribution is 0.0876. The van der Waals surface area contributed by atoms with E-state index in [0.717, 1.165) is 23.1 Å². The molecule has 11 rings (SSSR count). The summed E-state index contributed by atoms with van der Waals surface area (Å²) in [6.45, 7) is 17.0. The van der Waals surface area contributed by atoms with Crippen LogP contribution in [-0.4, -0.2) is 50.1 Å². The monoisotopic (exact) mass is 1080 g/mol. The number of allylic oxidation sites excluding steroid dienone is 8. The Kier molecular flexibility index (Phi) is 14.8. The molecule has 7 aromatic rings. The molecule has 0 radical (unpaired) electrons. The molecule has 4 amide bonds. The fourth-order valence-corrected chi connectivity index (χ4v) is 12.1. The Morgan fingerprint density at radius 3 is 1.43 bits per heavy atom. The van der Waals surface area contributed by atoms with Gasteiger partial charge < -0.3 is 18.9 Å². The summed E-state index contributed by atoms with van der Waals surface area (Å²) in [6, 6.07) is 33.0. The number of anilines is 2. The second-order valence-electron chi connectivity index (χ2n) is 22.6. The van der Waals surface area contributed by atoms with Crippen LogP contribution < -0.4 is 28.7 Å². The number of amides is 4. The zero-order valence-corrected chi connectivity index (χ0v) is 47.8. The number of carbonyl (C=O) groups is 4. The maximum Gasteiger partial charge on any atom is 0.266 e. The molecule has 0 atom stereocenters. The van der Waals surface area contributed by atoms with Gasteiger partial charge in [-0.1, -0.05) is 158 Å². The fourth-order valence-electron chi connectivity index (χ4n) is 12.1. The molecular weight excluding hydrogens is 1020 g/mol. The van der Waals surface area contributed by atoms with Gasteiger partial charge in [0, 0.05) is 67.4 Å². The lowest BCUT2D eigenvalue weighted by atomic mass is 9.89. The van der Waals surface area contributed by atoms with Gasteiger partial charge in [0.2, 0.25) is 0 Å². The Labute approximate surface area is 479 Å².